The average molecular weight is 409 g/mol. The van der Waals surface area contributed by atoms with Crippen LogP contribution in [0.15, 0.2) is 57.9 Å². The Kier molecular flexibility index (Phi) is 4.99. The van der Waals surface area contributed by atoms with Crippen LogP contribution >= 0.6 is 15.9 Å². The molecule has 1 aliphatic rings. The van der Waals surface area contributed by atoms with Gasteiger partial charge in [-0.05, 0) is 59.6 Å². The third kappa shape index (κ3) is 3.36. The largest absolute Gasteiger partial charge is 0.366 e. The maximum atomic E-state index is 12.9. The Hall–Kier alpha value is -1.37. The predicted octanol–water partition coefficient (Wildman–Crippen LogP) is 3.66. The van der Waals surface area contributed by atoms with Crippen LogP contribution in [0.25, 0.3) is 0 Å². The van der Waals surface area contributed by atoms with Gasteiger partial charge in [0.05, 0.1) is 4.90 Å². The minimum Gasteiger partial charge on any atom is -0.366 e. The van der Waals surface area contributed by atoms with Crippen molar-refractivity contribution in [1.29, 1.82) is 0 Å². The predicted molar refractivity (Wildman–Crippen MR) is 101 cm³/mol. The molecule has 0 N–H and O–H groups in total. The maximum Gasteiger partial charge on any atom is 0.244 e. The SMILES string of the molecule is Cc1cccc(N2CCN(S(=O)(=O)c3ccccc3Br)CC2C)c1. The van der Waals surface area contributed by atoms with Gasteiger partial charge in [0.2, 0.25) is 10.0 Å². The molecular formula is C18H21BrN2O2S. The van der Waals surface area contributed by atoms with E-state index in [4.69, 9.17) is 0 Å². The summed E-state index contributed by atoms with van der Waals surface area (Å²) >= 11 is 3.35. The van der Waals surface area contributed by atoms with Gasteiger partial charge in [0.1, 0.15) is 0 Å². The van der Waals surface area contributed by atoms with Gasteiger partial charge < -0.3 is 4.90 Å². The number of nitrogens with zero attached hydrogens (tertiary/aromatic N) is 2. The van der Waals surface area contributed by atoms with E-state index in [0.717, 1.165) is 5.69 Å². The topological polar surface area (TPSA) is 40.6 Å². The normalized spacial score (nSPS) is 19.5. The van der Waals surface area contributed by atoms with Gasteiger partial charge in [-0.25, -0.2) is 8.42 Å². The first kappa shape index (κ1) is 17.5. The van der Waals surface area contributed by atoms with Crippen LogP contribution in [0.4, 0.5) is 5.69 Å². The van der Waals surface area contributed by atoms with E-state index in [9.17, 15) is 8.42 Å². The molecular weight excluding hydrogens is 388 g/mol. The molecule has 1 aliphatic heterocycles. The second-order valence-corrected chi connectivity index (χ2v) is 8.94. The first-order chi connectivity index (χ1) is 11.4. The van der Waals surface area contributed by atoms with Gasteiger partial charge in [-0.2, -0.15) is 4.31 Å². The van der Waals surface area contributed by atoms with E-state index in [-0.39, 0.29) is 6.04 Å². The highest BCUT2D eigenvalue weighted by Crippen LogP contribution is 2.28. The van der Waals surface area contributed by atoms with Crippen LogP contribution in [0.2, 0.25) is 0 Å². The van der Waals surface area contributed by atoms with E-state index in [1.807, 2.05) is 12.1 Å². The molecule has 1 fully saturated rings. The summed E-state index contributed by atoms with van der Waals surface area (Å²) in [7, 11) is -3.48. The lowest BCUT2D eigenvalue weighted by molar-refractivity contribution is 0.342. The smallest absolute Gasteiger partial charge is 0.244 e. The molecule has 0 spiro atoms. The number of aryl methyl sites for hydroxylation is 1. The van der Waals surface area contributed by atoms with Crippen molar-refractivity contribution >= 4 is 31.6 Å². The molecule has 2 aromatic rings. The molecule has 3 rings (SSSR count). The van der Waals surface area contributed by atoms with Crippen molar-refractivity contribution in [2.75, 3.05) is 24.5 Å². The molecule has 0 aromatic heterocycles. The molecule has 0 saturated carbocycles. The van der Waals surface area contributed by atoms with Crippen molar-refractivity contribution < 1.29 is 8.42 Å². The first-order valence-electron chi connectivity index (χ1n) is 7.97. The summed E-state index contributed by atoms with van der Waals surface area (Å²) in [5, 5.41) is 0. The van der Waals surface area contributed by atoms with Crippen molar-refractivity contribution in [2.24, 2.45) is 0 Å². The zero-order valence-corrected chi connectivity index (χ0v) is 16.2. The van der Waals surface area contributed by atoms with Crippen LogP contribution in [-0.2, 0) is 10.0 Å². The van der Waals surface area contributed by atoms with E-state index >= 15 is 0 Å². The van der Waals surface area contributed by atoms with Crippen molar-refractivity contribution in [2.45, 2.75) is 24.8 Å². The highest BCUT2D eigenvalue weighted by molar-refractivity contribution is 9.10. The summed E-state index contributed by atoms with van der Waals surface area (Å²) in [5.74, 6) is 0. The van der Waals surface area contributed by atoms with Crippen LogP contribution in [0.1, 0.15) is 12.5 Å². The Morgan fingerprint density at radius 3 is 2.50 bits per heavy atom. The minimum atomic E-state index is -3.48. The zero-order valence-electron chi connectivity index (χ0n) is 13.8. The van der Waals surface area contributed by atoms with Gasteiger partial charge in [-0.1, -0.05) is 24.3 Å². The number of halogens is 1. The molecule has 128 valence electrons. The lowest BCUT2D eigenvalue weighted by atomic mass is 10.1. The Morgan fingerprint density at radius 2 is 1.83 bits per heavy atom. The first-order valence-corrected chi connectivity index (χ1v) is 10.2. The molecule has 1 unspecified atom stereocenters. The summed E-state index contributed by atoms with van der Waals surface area (Å²) in [5.41, 5.74) is 2.36. The van der Waals surface area contributed by atoms with Gasteiger partial charge in [0.25, 0.3) is 0 Å². The summed E-state index contributed by atoms with van der Waals surface area (Å²) < 4.78 is 28.1. The van der Waals surface area contributed by atoms with E-state index < -0.39 is 10.0 Å². The molecule has 2 aromatic carbocycles. The number of sulfonamides is 1. The molecule has 0 aliphatic carbocycles. The van der Waals surface area contributed by atoms with Gasteiger partial charge >= 0.3 is 0 Å². The third-order valence-corrected chi connectivity index (χ3v) is 7.26. The van der Waals surface area contributed by atoms with Gasteiger partial charge in [-0.15, -0.1) is 0 Å². The Morgan fingerprint density at radius 1 is 1.08 bits per heavy atom. The highest BCUT2D eigenvalue weighted by atomic mass is 79.9. The van der Waals surface area contributed by atoms with Gasteiger partial charge in [0, 0.05) is 35.8 Å². The van der Waals surface area contributed by atoms with E-state index in [1.54, 1.807) is 22.5 Å². The lowest BCUT2D eigenvalue weighted by Crippen LogP contribution is -2.53. The molecule has 0 bridgehead atoms. The number of anilines is 1. The van der Waals surface area contributed by atoms with Crippen LogP contribution in [0.3, 0.4) is 0 Å². The molecule has 6 heteroatoms. The Balaban J connectivity index is 1.82. The van der Waals surface area contributed by atoms with Crippen LogP contribution < -0.4 is 4.90 Å². The van der Waals surface area contributed by atoms with Gasteiger partial charge in [0.15, 0.2) is 0 Å². The zero-order chi connectivity index (χ0) is 17.3. The van der Waals surface area contributed by atoms with Crippen molar-refractivity contribution in [3.63, 3.8) is 0 Å². The molecule has 0 amide bonds. The standard InChI is InChI=1S/C18H21BrN2O2S/c1-14-6-5-7-16(12-14)21-11-10-20(13-15(21)2)24(22,23)18-9-4-3-8-17(18)19/h3-9,12,15H,10-11,13H2,1-2H3. The van der Waals surface area contributed by atoms with Crippen LogP contribution in [0.5, 0.6) is 0 Å². The lowest BCUT2D eigenvalue weighted by Gasteiger charge is -2.40. The quantitative estimate of drug-likeness (QED) is 0.777. The third-order valence-electron chi connectivity index (χ3n) is 4.38. The summed E-state index contributed by atoms with van der Waals surface area (Å²) in [6, 6.07) is 15.5. The van der Waals surface area contributed by atoms with Gasteiger partial charge in [-0.3, -0.25) is 0 Å². The second-order valence-electron chi connectivity index (χ2n) is 6.17. The number of rotatable bonds is 3. The molecule has 24 heavy (non-hydrogen) atoms. The molecule has 0 radical (unpaired) electrons. The van der Waals surface area contributed by atoms with Crippen molar-refractivity contribution in [1.82, 2.24) is 4.31 Å². The van der Waals surface area contributed by atoms with E-state index in [2.05, 4.69) is 52.9 Å². The number of benzene rings is 2. The summed E-state index contributed by atoms with van der Waals surface area (Å²) in [6.45, 7) is 5.81. The van der Waals surface area contributed by atoms with E-state index in [0.29, 0.717) is 29.0 Å². The van der Waals surface area contributed by atoms with Crippen molar-refractivity contribution in [3.8, 4) is 0 Å². The fraction of sp³-hybridized carbons (Fsp3) is 0.333. The van der Waals surface area contributed by atoms with Crippen molar-refractivity contribution in [3.05, 3.63) is 58.6 Å². The summed E-state index contributed by atoms with van der Waals surface area (Å²) in [4.78, 5) is 2.61. The minimum absolute atomic E-state index is 0.123. The Bertz CT molecular complexity index is 838. The monoisotopic (exact) mass is 408 g/mol. The molecule has 1 atom stereocenters. The Labute approximate surface area is 152 Å². The molecule has 1 saturated heterocycles. The fourth-order valence-corrected chi connectivity index (χ4v) is 5.60. The van der Waals surface area contributed by atoms with Crippen LogP contribution in [-0.4, -0.2) is 38.4 Å². The second kappa shape index (κ2) is 6.86. The van der Waals surface area contributed by atoms with E-state index in [1.165, 1.54) is 5.56 Å². The van der Waals surface area contributed by atoms with Crippen LogP contribution in [0, 0.1) is 6.92 Å². The average Bonchev–Trinajstić information content (AvgIpc) is 2.55. The number of piperazine rings is 1. The number of hydrogen-bond acceptors (Lipinski definition) is 3. The highest BCUT2D eigenvalue weighted by Gasteiger charge is 2.33. The summed E-state index contributed by atoms with van der Waals surface area (Å²) in [6.07, 6.45) is 0. The fourth-order valence-electron chi connectivity index (χ4n) is 3.13. The molecule has 1 heterocycles. The maximum absolute atomic E-state index is 12.9. The molecule has 4 nitrogen and oxygen atoms in total. The number of hydrogen-bond donors (Lipinski definition) is 0.